The molecular formula is C22H17FN4O3. The van der Waals surface area contributed by atoms with Crippen molar-refractivity contribution in [2.75, 3.05) is 11.9 Å². The summed E-state index contributed by atoms with van der Waals surface area (Å²) < 4.78 is 25.8. The lowest BCUT2D eigenvalue weighted by atomic mass is 10.3. The summed E-state index contributed by atoms with van der Waals surface area (Å²) >= 11 is 0. The van der Waals surface area contributed by atoms with Gasteiger partial charge in [0, 0.05) is 24.1 Å². The summed E-state index contributed by atoms with van der Waals surface area (Å²) in [6.45, 7) is -0.188. The molecule has 0 fully saturated rings. The Hall–Kier alpha value is -4.20. The highest BCUT2D eigenvalue weighted by molar-refractivity contribution is 5.91. The van der Waals surface area contributed by atoms with Gasteiger partial charge in [-0.15, -0.1) is 0 Å². The average molecular weight is 404 g/mol. The van der Waals surface area contributed by atoms with Crippen LogP contribution in [0.4, 0.5) is 10.1 Å². The molecule has 2 aromatic heterocycles. The third-order valence-corrected chi connectivity index (χ3v) is 4.04. The van der Waals surface area contributed by atoms with Crippen LogP contribution in [0.3, 0.4) is 0 Å². The van der Waals surface area contributed by atoms with Crippen molar-refractivity contribution in [2.45, 2.75) is 0 Å². The second kappa shape index (κ2) is 8.87. The van der Waals surface area contributed by atoms with Crippen molar-refractivity contribution in [3.05, 3.63) is 91.3 Å². The molecule has 2 aromatic carbocycles. The largest absolute Gasteiger partial charge is 0.484 e. The van der Waals surface area contributed by atoms with E-state index in [1.165, 1.54) is 30.6 Å². The fourth-order valence-electron chi connectivity index (χ4n) is 2.62. The lowest BCUT2D eigenvalue weighted by molar-refractivity contribution is -0.118. The molecule has 8 heteroatoms. The predicted octanol–water partition coefficient (Wildman–Crippen LogP) is 4.22. The van der Waals surface area contributed by atoms with Crippen molar-refractivity contribution < 1.29 is 18.7 Å². The van der Waals surface area contributed by atoms with Crippen molar-refractivity contribution in [1.29, 1.82) is 0 Å². The predicted molar refractivity (Wildman–Crippen MR) is 108 cm³/mol. The van der Waals surface area contributed by atoms with Crippen LogP contribution >= 0.6 is 0 Å². The summed E-state index contributed by atoms with van der Waals surface area (Å²) in [5.74, 6) is 1.37. The molecule has 0 unspecified atom stereocenters. The Bertz CT molecular complexity index is 1110. The molecule has 7 nitrogen and oxygen atoms in total. The molecule has 150 valence electrons. The zero-order valence-corrected chi connectivity index (χ0v) is 15.7. The van der Waals surface area contributed by atoms with Crippen LogP contribution in [0.1, 0.15) is 0 Å². The number of carbonyl (C=O) groups excluding carboxylic acids is 1. The first kappa shape index (κ1) is 19.1. The monoisotopic (exact) mass is 404 g/mol. The summed E-state index contributed by atoms with van der Waals surface area (Å²) in [6.07, 6.45) is 5.19. The Morgan fingerprint density at radius 3 is 2.40 bits per heavy atom. The van der Waals surface area contributed by atoms with Crippen molar-refractivity contribution >= 4 is 11.6 Å². The van der Waals surface area contributed by atoms with E-state index in [2.05, 4.69) is 15.3 Å². The molecule has 0 bridgehead atoms. The standard InChI is InChI=1S/C22H17FN4O3/c23-16-3-7-18(8-4-16)29-14-21(28)26-17-5-9-19(10-6-17)30-22-13-20(24-15-25-22)27-11-1-2-12-27/h1-13,15H,14H2,(H,26,28). The molecule has 0 radical (unpaired) electrons. The van der Waals surface area contributed by atoms with Gasteiger partial charge in [0.25, 0.3) is 5.91 Å². The number of rotatable bonds is 7. The number of nitrogens with one attached hydrogen (secondary N) is 1. The normalized spacial score (nSPS) is 10.4. The van der Waals surface area contributed by atoms with Crippen molar-refractivity contribution in [3.63, 3.8) is 0 Å². The van der Waals surface area contributed by atoms with Gasteiger partial charge in [-0.2, -0.15) is 0 Å². The first-order valence-electron chi connectivity index (χ1n) is 9.07. The zero-order chi connectivity index (χ0) is 20.8. The molecule has 0 saturated heterocycles. The minimum Gasteiger partial charge on any atom is -0.484 e. The van der Waals surface area contributed by atoms with E-state index in [0.29, 0.717) is 28.9 Å². The van der Waals surface area contributed by atoms with Crippen molar-refractivity contribution in [3.8, 4) is 23.2 Å². The maximum atomic E-state index is 12.9. The van der Waals surface area contributed by atoms with E-state index in [4.69, 9.17) is 9.47 Å². The quantitative estimate of drug-likeness (QED) is 0.499. The van der Waals surface area contributed by atoms with Gasteiger partial charge in [-0.3, -0.25) is 4.79 Å². The number of carbonyl (C=O) groups is 1. The second-order valence-corrected chi connectivity index (χ2v) is 6.22. The number of nitrogens with zero attached hydrogens (tertiary/aromatic N) is 3. The SMILES string of the molecule is O=C(COc1ccc(F)cc1)Nc1ccc(Oc2cc(-n3cccc3)ncn2)cc1. The van der Waals surface area contributed by atoms with E-state index in [9.17, 15) is 9.18 Å². The number of amides is 1. The number of aromatic nitrogens is 3. The van der Waals surface area contributed by atoms with E-state index < -0.39 is 0 Å². The van der Waals surface area contributed by atoms with Crippen LogP contribution in [0.25, 0.3) is 5.82 Å². The van der Waals surface area contributed by atoms with Gasteiger partial charge in [0.2, 0.25) is 5.88 Å². The topological polar surface area (TPSA) is 78.3 Å². The molecular weight excluding hydrogens is 387 g/mol. The van der Waals surface area contributed by atoms with Gasteiger partial charge in [0.15, 0.2) is 6.61 Å². The number of anilines is 1. The van der Waals surface area contributed by atoms with Gasteiger partial charge in [0.1, 0.15) is 29.5 Å². The molecule has 0 aliphatic rings. The Morgan fingerprint density at radius 1 is 0.967 bits per heavy atom. The summed E-state index contributed by atoms with van der Waals surface area (Å²) in [4.78, 5) is 20.3. The molecule has 0 saturated carbocycles. The molecule has 0 aliphatic carbocycles. The zero-order valence-electron chi connectivity index (χ0n) is 15.7. The summed E-state index contributed by atoms with van der Waals surface area (Å²) in [7, 11) is 0. The van der Waals surface area contributed by atoms with Crippen LogP contribution in [0.2, 0.25) is 0 Å². The van der Waals surface area contributed by atoms with E-state index >= 15 is 0 Å². The van der Waals surface area contributed by atoms with Gasteiger partial charge in [0.05, 0.1) is 0 Å². The van der Waals surface area contributed by atoms with Gasteiger partial charge in [-0.1, -0.05) is 0 Å². The highest BCUT2D eigenvalue weighted by Crippen LogP contribution is 2.22. The lowest BCUT2D eigenvalue weighted by Crippen LogP contribution is -2.20. The number of hydrogen-bond donors (Lipinski definition) is 1. The van der Waals surface area contributed by atoms with E-state index in [0.717, 1.165) is 0 Å². The smallest absolute Gasteiger partial charge is 0.262 e. The highest BCUT2D eigenvalue weighted by Gasteiger charge is 2.06. The maximum absolute atomic E-state index is 12.9. The van der Waals surface area contributed by atoms with Gasteiger partial charge < -0.3 is 19.4 Å². The molecule has 2 heterocycles. The van der Waals surface area contributed by atoms with E-state index in [-0.39, 0.29) is 18.3 Å². The average Bonchev–Trinajstić information content (AvgIpc) is 3.30. The van der Waals surface area contributed by atoms with Gasteiger partial charge in [-0.25, -0.2) is 14.4 Å². The van der Waals surface area contributed by atoms with Crippen LogP contribution in [-0.4, -0.2) is 27.0 Å². The Labute approximate surface area is 171 Å². The highest BCUT2D eigenvalue weighted by atomic mass is 19.1. The molecule has 4 rings (SSSR count). The molecule has 0 aliphatic heterocycles. The van der Waals surface area contributed by atoms with Gasteiger partial charge >= 0.3 is 0 Å². The summed E-state index contributed by atoms with van der Waals surface area (Å²) in [5.41, 5.74) is 0.589. The minimum absolute atomic E-state index is 0.188. The minimum atomic E-state index is -0.364. The molecule has 0 spiro atoms. The number of ether oxygens (including phenoxy) is 2. The maximum Gasteiger partial charge on any atom is 0.262 e. The van der Waals surface area contributed by atoms with E-state index in [1.54, 1.807) is 30.3 Å². The Kier molecular flexibility index (Phi) is 5.66. The van der Waals surface area contributed by atoms with Crippen LogP contribution in [0, 0.1) is 5.82 Å². The Balaban J connectivity index is 1.32. The van der Waals surface area contributed by atoms with E-state index in [1.807, 2.05) is 29.1 Å². The van der Waals surface area contributed by atoms with Crippen molar-refractivity contribution in [1.82, 2.24) is 14.5 Å². The second-order valence-electron chi connectivity index (χ2n) is 6.22. The van der Waals surface area contributed by atoms with Crippen LogP contribution in [-0.2, 0) is 4.79 Å². The molecule has 1 amide bonds. The lowest BCUT2D eigenvalue weighted by Gasteiger charge is -2.09. The molecule has 4 aromatic rings. The van der Waals surface area contributed by atoms with Gasteiger partial charge in [-0.05, 0) is 60.7 Å². The fourth-order valence-corrected chi connectivity index (χ4v) is 2.62. The van der Waals surface area contributed by atoms with Crippen molar-refractivity contribution in [2.24, 2.45) is 0 Å². The summed E-state index contributed by atoms with van der Waals surface area (Å²) in [6, 6.07) is 17.8. The number of hydrogen-bond acceptors (Lipinski definition) is 5. The van der Waals surface area contributed by atoms with Crippen LogP contribution in [0.5, 0.6) is 17.4 Å². The Morgan fingerprint density at radius 2 is 1.67 bits per heavy atom. The third-order valence-electron chi connectivity index (χ3n) is 4.04. The number of benzene rings is 2. The fraction of sp³-hybridized carbons (Fsp3) is 0.0455. The van der Waals surface area contributed by atoms with Crippen LogP contribution < -0.4 is 14.8 Å². The first-order valence-corrected chi connectivity index (χ1v) is 9.07. The molecule has 0 atom stereocenters. The molecule has 1 N–H and O–H groups in total. The summed E-state index contributed by atoms with van der Waals surface area (Å²) in [5, 5.41) is 2.72. The van der Waals surface area contributed by atoms with Crippen LogP contribution in [0.15, 0.2) is 85.5 Å². The number of halogens is 1. The molecule has 30 heavy (non-hydrogen) atoms. The first-order chi connectivity index (χ1) is 14.7. The third kappa shape index (κ3) is 4.99.